The number of aryl methyl sites for hydroxylation is 7. The molecular weight excluding hydrogens is 1370 g/mol. The Labute approximate surface area is 570 Å². The van der Waals surface area contributed by atoms with Gasteiger partial charge in [-0.05, 0) is 82.9 Å². The molecule has 2 aliphatic heterocycles. The third-order valence-corrected chi connectivity index (χ3v) is 15.8. The molecule has 0 amide bonds. The fourth-order valence-corrected chi connectivity index (χ4v) is 11.0. The number of fused-ring (bicyclic) bond motifs is 2. The lowest BCUT2D eigenvalue weighted by Crippen LogP contribution is -2.25. The molecule has 490 valence electrons. The van der Waals surface area contributed by atoms with Crippen LogP contribution in [-0.2, 0) is 36.0 Å². The molecule has 0 spiro atoms. The van der Waals surface area contributed by atoms with Crippen LogP contribution in [0, 0.1) is 34.6 Å². The number of ether oxygens (including phenoxy) is 2. The molecule has 9 aromatic heterocycles. The standard InChI is InChI=1S/C20H19ClN6O3.C13H12Cl2N2O2.C7H8N4O.C6H7Cl2N3.C6H9ClN4.C5H5Cl2N3/c1-11-23-19-17(26(2)10-22-19)20(28)27(11)8-16-24-18(25-30-16)13-7-15(29-9-13)12-3-5-14(21)6-4-12;14-6-12-16-13(17-19-12)9-5-11(18-7-9)8-1-3-10(15)4-2-8;1-4-9-6-5(7(12)10-4)11(2)3-8-6;2*1-3-10-5(7)4(9-2)6(8)11-3;1-2-9-4(6)3(8)5(7)10-2/h3-6,10,13,15H,7-9H2,1-2H3;1-4,9,11H,5-7H2;3H,1-2H3,(H,9,10,12);9H,1-2H3;9H,1-2H3,(H2,8,10,11);8H2,1H3/t13-,15+;9-,11+;;;;/m00..../s1. The van der Waals surface area contributed by atoms with E-state index in [1.54, 1.807) is 84.6 Å². The highest BCUT2D eigenvalue weighted by atomic mass is 35.5. The number of H-pyrrole nitrogens is 1. The number of hydrogen-bond donors (Lipinski definition) is 5. The van der Waals surface area contributed by atoms with Gasteiger partial charge in [-0.15, -0.1) is 11.6 Å². The molecule has 2 aliphatic rings. The third-order valence-electron chi connectivity index (χ3n) is 13.7. The Bertz CT molecular complexity index is 4360. The molecule has 13 rings (SSSR count). The van der Waals surface area contributed by atoms with Gasteiger partial charge in [0.1, 0.15) is 58.6 Å². The molecule has 2 aromatic carbocycles. The molecule has 0 bridgehead atoms. The molecule has 4 atom stereocenters. The molecule has 11 aromatic rings. The molecule has 0 aliphatic carbocycles. The zero-order valence-electron chi connectivity index (χ0n) is 51.1. The Morgan fingerprint density at radius 2 is 1.01 bits per heavy atom. The number of nitrogens with two attached hydrogens (primary N) is 2. The number of benzene rings is 2. The number of nitrogens with zero attached hydrogens (tertiary/aromatic N) is 17. The zero-order chi connectivity index (χ0) is 67.4. The van der Waals surface area contributed by atoms with Gasteiger partial charge in [0.05, 0.1) is 38.1 Å². The van der Waals surface area contributed by atoms with Crippen molar-refractivity contribution < 1.29 is 18.5 Å². The average Bonchev–Trinajstić information content (AvgIpc) is 1.71. The van der Waals surface area contributed by atoms with Gasteiger partial charge < -0.3 is 54.7 Å². The highest BCUT2D eigenvalue weighted by Crippen LogP contribution is 2.39. The van der Waals surface area contributed by atoms with Gasteiger partial charge in [0.2, 0.25) is 11.8 Å². The van der Waals surface area contributed by atoms with Gasteiger partial charge in [-0.25, -0.2) is 49.8 Å². The number of anilines is 4. The van der Waals surface area contributed by atoms with Gasteiger partial charge in [-0.2, -0.15) is 9.97 Å². The Balaban J connectivity index is 0.000000153. The summed E-state index contributed by atoms with van der Waals surface area (Å²) in [6.07, 6.45) is 4.76. The summed E-state index contributed by atoms with van der Waals surface area (Å²) in [5, 5.41) is 16.6. The summed E-state index contributed by atoms with van der Waals surface area (Å²) >= 11 is 45.8. The van der Waals surface area contributed by atoms with Gasteiger partial charge in [-0.3, -0.25) is 14.2 Å². The number of halogens is 8. The van der Waals surface area contributed by atoms with Crippen molar-refractivity contribution in [2.24, 2.45) is 14.1 Å². The first-order valence-electron chi connectivity index (χ1n) is 27.9. The van der Waals surface area contributed by atoms with E-state index >= 15 is 0 Å². The Kier molecular flexibility index (Phi) is 24.6. The van der Waals surface area contributed by atoms with Gasteiger partial charge in [0, 0.05) is 50.1 Å². The number of nitrogens with one attached hydrogen (secondary N) is 3. The Hall–Kier alpha value is -7.90. The van der Waals surface area contributed by atoms with Crippen LogP contribution in [0.5, 0.6) is 0 Å². The van der Waals surface area contributed by atoms with Crippen molar-refractivity contribution >= 4 is 138 Å². The molecule has 0 radical (unpaired) electrons. The van der Waals surface area contributed by atoms with Crippen LogP contribution in [0.4, 0.5) is 22.9 Å². The van der Waals surface area contributed by atoms with Crippen LogP contribution >= 0.6 is 92.8 Å². The quantitative estimate of drug-likeness (QED) is 0.0662. The van der Waals surface area contributed by atoms with Crippen molar-refractivity contribution in [2.75, 3.05) is 49.4 Å². The van der Waals surface area contributed by atoms with Crippen molar-refractivity contribution in [3.63, 3.8) is 0 Å². The predicted molar refractivity (Wildman–Crippen MR) is 357 cm³/mol. The second kappa shape index (κ2) is 32.3. The fourth-order valence-electron chi connectivity index (χ4n) is 9.16. The van der Waals surface area contributed by atoms with Crippen LogP contribution < -0.4 is 33.2 Å². The summed E-state index contributed by atoms with van der Waals surface area (Å²) < 4.78 is 27.0. The summed E-state index contributed by atoms with van der Waals surface area (Å²) in [6, 6.07) is 15.3. The zero-order valence-corrected chi connectivity index (χ0v) is 57.1. The molecule has 0 unspecified atom stereocenters. The fraction of sp³-hybridized carbons (Fsp3) is 0.333. The van der Waals surface area contributed by atoms with Crippen LogP contribution in [0.15, 0.2) is 79.8 Å². The summed E-state index contributed by atoms with van der Waals surface area (Å²) in [4.78, 5) is 75.4. The number of nitrogen functional groups attached to an aromatic ring is 2. The topological polar surface area (TPSA) is 366 Å². The highest BCUT2D eigenvalue weighted by Gasteiger charge is 2.33. The second-order valence-corrected chi connectivity index (χ2v) is 23.3. The predicted octanol–water partition coefficient (Wildman–Crippen LogP) is 11.3. The summed E-state index contributed by atoms with van der Waals surface area (Å²) in [6.45, 7) is 9.90. The molecule has 36 heteroatoms. The van der Waals surface area contributed by atoms with E-state index in [1.165, 1.54) is 4.57 Å². The minimum atomic E-state index is -0.191. The summed E-state index contributed by atoms with van der Waals surface area (Å²) in [5.41, 5.74) is 16.0. The van der Waals surface area contributed by atoms with Crippen molar-refractivity contribution in [3.05, 3.63) is 181 Å². The average molecular weight is 1430 g/mol. The van der Waals surface area contributed by atoms with E-state index in [1.807, 2.05) is 48.5 Å². The third kappa shape index (κ3) is 18.3. The minimum Gasteiger partial charge on any atom is -0.394 e. The monoisotopic (exact) mass is 1430 g/mol. The number of rotatable bonds is 9. The van der Waals surface area contributed by atoms with Crippen LogP contribution in [-0.4, -0.2) is 116 Å². The number of imidazole rings is 2. The largest absolute Gasteiger partial charge is 0.394 e. The van der Waals surface area contributed by atoms with Crippen LogP contribution in [0.3, 0.4) is 0 Å². The number of hydrogen-bond acceptors (Lipinski definition) is 24. The molecule has 11 heterocycles. The Morgan fingerprint density at radius 1 is 0.570 bits per heavy atom. The lowest BCUT2D eigenvalue weighted by atomic mass is 10.0. The lowest BCUT2D eigenvalue weighted by molar-refractivity contribution is 0.110. The number of alkyl halides is 1. The molecule has 28 nitrogen and oxygen atoms in total. The molecular formula is C57H60Cl8N22O6. The Morgan fingerprint density at radius 3 is 1.48 bits per heavy atom. The van der Waals surface area contributed by atoms with Gasteiger partial charge in [0.15, 0.2) is 65.6 Å². The molecule has 7 N–H and O–H groups in total. The van der Waals surface area contributed by atoms with Crippen LogP contribution in [0.25, 0.3) is 22.3 Å². The SMILES string of the molecule is CNc1c(Cl)nc(C)nc1Cl.CNc1c(N)nc(C)nc1Cl.Cc1nc(Cl)c(N)c(Cl)n1.Cc1nc2ncn(C)c2c(=O)[nH]1.Cc1nc2ncn(C)c2c(=O)n1Cc1nc([C@@H]2CO[C@@H](c3ccc(Cl)cc3)C2)no1.ClCc1nc([C@@H]2CO[C@@H](c3ccc(Cl)cc3)C2)no1. The van der Waals surface area contributed by atoms with E-state index in [2.05, 4.69) is 85.7 Å². The maximum absolute atomic E-state index is 12.9. The normalized spacial score (nSPS) is 15.6. The van der Waals surface area contributed by atoms with E-state index in [4.69, 9.17) is 123 Å². The first kappa shape index (κ1) is 71.0. The molecule has 93 heavy (non-hydrogen) atoms. The first-order valence-corrected chi connectivity index (χ1v) is 31.0. The van der Waals surface area contributed by atoms with Crippen LogP contribution in [0.2, 0.25) is 35.8 Å². The number of aromatic nitrogens is 18. The maximum atomic E-state index is 12.9. The van der Waals surface area contributed by atoms with Crippen molar-refractivity contribution in [1.29, 1.82) is 0 Å². The van der Waals surface area contributed by atoms with E-state index in [0.717, 1.165) is 29.0 Å². The van der Waals surface area contributed by atoms with Crippen molar-refractivity contribution in [3.8, 4) is 0 Å². The van der Waals surface area contributed by atoms with Gasteiger partial charge >= 0.3 is 0 Å². The highest BCUT2D eigenvalue weighted by molar-refractivity contribution is 6.38. The molecule has 2 saturated heterocycles. The van der Waals surface area contributed by atoms with E-state index in [9.17, 15) is 9.59 Å². The van der Waals surface area contributed by atoms with Gasteiger partial charge in [-0.1, -0.05) is 116 Å². The smallest absolute Gasteiger partial charge is 0.280 e. The maximum Gasteiger partial charge on any atom is 0.280 e. The lowest BCUT2D eigenvalue weighted by Gasteiger charge is -2.09. The molecule has 0 saturated carbocycles. The number of aromatic amines is 1. The van der Waals surface area contributed by atoms with E-state index in [-0.39, 0.29) is 63.6 Å². The van der Waals surface area contributed by atoms with Crippen molar-refractivity contribution in [1.82, 2.24) is 88.8 Å². The van der Waals surface area contributed by atoms with E-state index in [0.29, 0.717) is 126 Å². The second-order valence-electron chi connectivity index (χ2n) is 20.4. The summed E-state index contributed by atoms with van der Waals surface area (Å²) in [5.74, 6) is 5.65. The van der Waals surface area contributed by atoms with Crippen molar-refractivity contribution in [2.45, 2.75) is 83.9 Å². The molecule has 2 fully saturated rings. The first-order chi connectivity index (χ1) is 44.3. The summed E-state index contributed by atoms with van der Waals surface area (Å²) in [7, 11) is 6.96. The minimum absolute atomic E-state index is 0.0266. The van der Waals surface area contributed by atoms with Crippen LogP contribution in [0.1, 0.15) is 101 Å². The van der Waals surface area contributed by atoms with E-state index < -0.39 is 0 Å². The van der Waals surface area contributed by atoms with Gasteiger partial charge in [0.25, 0.3) is 11.1 Å².